The van der Waals surface area contributed by atoms with Gasteiger partial charge in [0, 0.05) is 20.8 Å². The second kappa shape index (κ2) is 10.0. The Labute approximate surface area is 132 Å². The average molecular weight is 310 g/mol. The normalized spacial score (nSPS) is 10.6. The van der Waals surface area contributed by atoms with Crippen molar-refractivity contribution in [3.05, 3.63) is 29.3 Å². The molecular formula is C16H26N2O4. The molecule has 0 heterocycles. The number of para-hydroxylation sites is 1. The molecule has 6 nitrogen and oxygen atoms in total. The molecule has 0 aliphatic heterocycles. The van der Waals surface area contributed by atoms with Gasteiger partial charge >= 0.3 is 6.03 Å². The number of hydrogen-bond donors (Lipinski definition) is 2. The van der Waals surface area contributed by atoms with Gasteiger partial charge in [0.25, 0.3) is 0 Å². The van der Waals surface area contributed by atoms with Crippen LogP contribution in [0.25, 0.3) is 0 Å². The van der Waals surface area contributed by atoms with E-state index in [1.54, 1.807) is 0 Å². The molecule has 0 spiro atoms. The Hall–Kier alpha value is -1.79. The lowest BCUT2D eigenvalue weighted by molar-refractivity contribution is -0.0971. The Morgan fingerprint density at radius 1 is 1.14 bits per heavy atom. The Kier molecular flexibility index (Phi) is 8.32. The van der Waals surface area contributed by atoms with Crippen LogP contribution >= 0.6 is 0 Å². The van der Waals surface area contributed by atoms with E-state index in [0.717, 1.165) is 23.3 Å². The second-order valence-corrected chi connectivity index (χ2v) is 4.96. The van der Waals surface area contributed by atoms with Gasteiger partial charge < -0.3 is 24.8 Å². The first-order valence-corrected chi connectivity index (χ1v) is 7.34. The van der Waals surface area contributed by atoms with E-state index in [-0.39, 0.29) is 6.03 Å². The molecule has 0 fully saturated rings. The summed E-state index contributed by atoms with van der Waals surface area (Å²) in [5.41, 5.74) is 2.24. The van der Waals surface area contributed by atoms with Crippen LogP contribution in [0.2, 0.25) is 0 Å². The van der Waals surface area contributed by atoms with Crippen LogP contribution in [0, 0.1) is 13.8 Å². The lowest BCUT2D eigenvalue weighted by atomic mass is 10.1. The number of methoxy groups -OCH3 is 2. The Morgan fingerprint density at radius 3 is 2.36 bits per heavy atom. The molecule has 2 amide bonds. The molecule has 124 valence electrons. The SMILES string of the molecule is COC(CNC(=O)NCCCOc1c(C)cccc1C)OC. The van der Waals surface area contributed by atoms with Gasteiger partial charge in [-0.25, -0.2) is 4.79 Å². The molecule has 0 saturated carbocycles. The van der Waals surface area contributed by atoms with Crippen LogP contribution in [0.4, 0.5) is 4.79 Å². The first-order chi connectivity index (χ1) is 10.6. The molecule has 0 unspecified atom stereocenters. The van der Waals surface area contributed by atoms with Crippen molar-refractivity contribution in [3.63, 3.8) is 0 Å². The highest BCUT2D eigenvalue weighted by atomic mass is 16.7. The Morgan fingerprint density at radius 2 is 1.77 bits per heavy atom. The number of aryl methyl sites for hydroxylation is 2. The molecule has 1 aromatic rings. The third-order valence-corrected chi connectivity index (χ3v) is 3.22. The fourth-order valence-corrected chi connectivity index (χ4v) is 1.98. The minimum absolute atomic E-state index is 0.244. The molecule has 0 aliphatic carbocycles. The van der Waals surface area contributed by atoms with Crippen LogP contribution in [-0.4, -0.2) is 46.2 Å². The van der Waals surface area contributed by atoms with Crippen LogP contribution < -0.4 is 15.4 Å². The summed E-state index contributed by atoms with van der Waals surface area (Å²) in [7, 11) is 3.05. The van der Waals surface area contributed by atoms with E-state index in [0.29, 0.717) is 19.7 Å². The zero-order valence-electron chi connectivity index (χ0n) is 13.8. The summed E-state index contributed by atoms with van der Waals surface area (Å²) in [5, 5.41) is 5.43. The Bertz CT molecular complexity index is 441. The second-order valence-electron chi connectivity index (χ2n) is 4.96. The molecule has 0 aromatic heterocycles. The minimum atomic E-state index is -0.432. The first-order valence-electron chi connectivity index (χ1n) is 7.34. The fraction of sp³-hybridized carbons (Fsp3) is 0.562. The maximum atomic E-state index is 11.5. The van der Waals surface area contributed by atoms with Gasteiger partial charge in [-0.1, -0.05) is 18.2 Å². The smallest absolute Gasteiger partial charge is 0.314 e. The van der Waals surface area contributed by atoms with Crippen LogP contribution in [0.1, 0.15) is 17.5 Å². The molecule has 1 aromatic carbocycles. The van der Waals surface area contributed by atoms with E-state index in [1.807, 2.05) is 32.0 Å². The minimum Gasteiger partial charge on any atom is -0.493 e. The van der Waals surface area contributed by atoms with E-state index < -0.39 is 6.29 Å². The van der Waals surface area contributed by atoms with Crippen molar-refractivity contribution in [2.24, 2.45) is 0 Å². The molecule has 0 saturated heterocycles. The number of rotatable bonds is 9. The number of nitrogens with one attached hydrogen (secondary N) is 2. The highest BCUT2D eigenvalue weighted by molar-refractivity contribution is 5.73. The Balaban J connectivity index is 2.16. The third-order valence-electron chi connectivity index (χ3n) is 3.22. The van der Waals surface area contributed by atoms with E-state index in [4.69, 9.17) is 14.2 Å². The van der Waals surface area contributed by atoms with Gasteiger partial charge in [0.15, 0.2) is 6.29 Å². The molecule has 6 heteroatoms. The predicted molar refractivity (Wildman–Crippen MR) is 85.2 cm³/mol. The molecule has 2 N–H and O–H groups in total. The van der Waals surface area contributed by atoms with E-state index in [9.17, 15) is 4.79 Å². The summed E-state index contributed by atoms with van der Waals surface area (Å²) >= 11 is 0. The van der Waals surface area contributed by atoms with Crippen molar-refractivity contribution in [2.75, 3.05) is 33.9 Å². The number of urea groups is 1. The number of carbonyl (C=O) groups excluding carboxylic acids is 1. The van der Waals surface area contributed by atoms with Crippen molar-refractivity contribution < 1.29 is 19.0 Å². The number of hydrogen-bond acceptors (Lipinski definition) is 4. The summed E-state index contributed by atoms with van der Waals surface area (Å²) in [5.74, 6) is 0.926. The fourth-order valence-electron chi connectivity index (χ4n) is 1.98. The van der Waals surface area contributed by atoms with E-state index in [1.165, 1.54) is 14.2 Å². The van der Waals surface area contributed by atoms with Gasteiger partial charge in [-0.2, -0.15) is 0 Å². The van der Waals surface area contributed by atoms with Crippen molar-refractivity contribution in [3.8, 4) is 5.75 Å². The highest BCUT2D eigenvalue weighted by Gasteiger charge is 2.07. The predicted octanol–water partition coefficient (Wildman–Crippen LogP) is 1.99. The maximum absolute atomic E-state index is 11.5. The van der Waals surface area contributed by atoms with Crippen LogP contribution in [-0.2, 0) is 9.47 Å². The summed E-state index contributed by atoms with van der Waals surface area (Å²) in [6.45, 7) is 5.45. The van der Waals surface area contributed by atoms with Gasteiger partial charge in [-0.15, -0.1) is 0 Å². The molecule has 0 atom stereocenters. The maximum Gasteiger partial charge on any atom is 0.314 e. The standard InChI is InChI=1S/C16H26N2O4/c1-12-7-5-8-13(2)15(12)22-10-6-9-17-16(19)18-11-14(20-3)21-4/h5,7-8,14H,6,9-11H2,1-4H3,(H2,17,18,19). The average Bonchev–Trinajstić information content (AvgIpc) is 2.50. The summed E-state index contributed by atoms with van der Waals surface area (Å²) in [6, 6.07) is 5.81. The van der Waals surface area contributed by atoms with Gasteiger partial charge in [0.05, 0.1) is 13.2 Å². The third kappa shape index (κ3) is 6.32. The molecule has 1 rings (SSSR count). The molecule has 22 heavy (non-hydrogen) atoms. The van der Waals surface area contributed by atoms with Crippen molar-refractivity contribution in [2.45, 2.75) is 26.6 Å². The number of amides is 2. The zero-order valence-corrected chi connectivity index (χ0v) is 13.8. The van der Waals surface area contributed by atoms with Crippen molar-refractivity contribution in [1.82, 2.24) is 10.6 Å². The van der Waals surface area contributed by atoms with Gasteiger partial charge in [0.1, 0.15) is 5.75 Å². The van der Waals surface area contributed by atoms with Crippen LogP contribution in [0.3, 0.4) is 0 Å². The highest BCUT2D eigenvalue weighted by Crippen LogP contribution is 2.22. The number of ether oxygens (including phenoxy) is 3. The summed E-state index contributed by atoms with van der Waals surface area (Å²) < 4.78 is 15.7. The van der Waals surface area contributed by atoms with Crippen LogP contribution in [0.15, 0.2) is 18.2 Å². The lowest BCUT2D eigenvalue weighted by Crippen LogP contribution is -2.41. The monoisotopic (exact) mass is 310 g/mol. The summed E-state index contributed by atoms with van der Waals surface area (Å²) in [4.78, 5) is 11.5. The molecular weight excluding hydrogens is 284 g/mol. The van der Waals surface area contributed by atoms with Gasteiger partial charge in [-0.3, -0.25) is 0 Å². The van der Waals surface area contributed by atoms with E-state index >= 15 is 0 Å². The molecule has 0 radical (unpaired) electrons. The van der Waals surface area contributed by atoms with Gasteiger partial charge in [-0.05, 0) is 31.4 Å². The topological polar surface area (TPSA) is 68.8 Å². The van der Waals surface area contributed by atoms with E-state index in [2.05, 4.69) is 10.6 Å². The van der Waals surface area contributed by atoms with Crippen molar-refractivity contribution >= 4 is 6.03 Å². The number of carbonyl (C=O) groups is 1. The quantitative estimate of drug-likeness (QED) is 0.541. The summed E-state index contributed by atoms with van der Waals surface area (Å²) in [6.07, 6.45) is 0.303. The van der Waals surface area contributed by atoms with Gasteiger partial charge in [0.2, 0.25) is 0 Å². The first kappa shape index (κ1) is 18.3. The largest absolute Gasteiger partial charge is 0.493 e. The van der Waals surface area contributed by atoms with Crippen LogP contribution in [0.5, 0.6) is 5.75 Å². The molecule has 0 aliphatic rings. The lowest BCUT2D eigenvalue weighted by Gasteiger charge is -2.15. The number of benzene rings is 1. The zero-order chi connectivity index (χ0) is 16.4. The van der Waals surface area contributed by atoms with Crippen molar-refractivity contribution in [1.29, 1.82) is 0 Å². The molecule has 0 bridgehead atoms.